The van der Waals surface area contributed by atoms with Crippen LogP contribution in [0.3, 0.4) is 0 Å². The molecule has 252 valence electrons. The first-order chi connectivity index (χ1) is 21.7. The largest absolute Gasteiger partial charge is 0.341 e. The minimum atomic E-state index is -0.389. The highest BCUT2D eigenvalue weighted by atomic mass is 35.5. The van der Waals surface area contributed by atoms with Crippen LogP contribution in [-0.4, -0.2) is 107 Å². The molecule has 4 amide bonds. The summed E-state index contributed by atoms with van der Waals surface area (Å²) in [6, 6.07) is 11.5. The second-order valence-corrected chi connectivity index (χ2v) is 13.8. The number of urea groups is 1. The molecule has 0 spiro atoms. The van der Waals surface area contributed by atoms with Crippen LogP contribution in [0.25, 0.3) is 0 Å². The van der Waals surface area contributed by atoms with Crippen LogP contribution in [0, 0.1) is 5.92 Å². The van der Waals surface area contributed by atoms with Gasteiger partial charge in [-0.15, -0.1) is 12.4 Å². The van der Waals surface area contributed by atoms with Crippen molar-refractivity contribution in [2.75, 3.05) is 40.3 Å². The molecule has 11 heteroatoms. The van der Waals surface area contributed by atoms with E-state index in [4.69, 9.17) is 11.6 Å². The summed E-state index contributed by atoms with van der Waals surface area (Å²) in [5, 5.41) is 4.38. The van der Waals surface area contributed by atoms with Gasteiger partial charge in [-0.1, -0.05) is 49.9 Å². The Labute approximate surface area is 285 Å². The molecule has 0 bridgehead atoms. The van der Waals surface area contributed by atoms with Crippen LogP contribution in [-0.2, 0) is 11.2 Å². The summed E-state index contributed by atoms with van der Waals surface area (Å²) in [4.78, 5) is 52.4. The second-order valence-electron chi connectivity index (χ2n) is 13.3. The van der Waals surface area contributed by atoms with Crippen molar-refractivity contribution in [2.45, 2.75) is 88.9 Å². The molecule has 3 aliphatic rings. The van der Waals surface area contributed by atoms with E-state index in [9.17, 15) is 14.4 Å². The van der Waals surface area contributed by atoms with Gasteiger partial charge in [0.1, 0.15) is 0 Å². The second kappa shape index (κ2) is 16.8. The summed E-state index contributed by atoms with van der Waals surface area (Å²) in [5.41, 5.74) is 1.71. The summed E-state index contributed by atoms with van der Waals surface area (Å²) in [5.74, 6) is 0.303. The van der Waals surface area contributed by atoms with Crippen LogP contribution in [0.1, 0.15) is 74.2 Å². The standard InChI is InChI=1S/C35H49ClN6O3.ClH/c1-25-24-41(22-17-32(25)42(35(45)39(2)3)30-7-5-4-6-8-30)34(44)31(23-26-9-11-28(36)12-10-26)38-29-15-20-40(21-16-29)33(43)27-13-18-37-19-14-27;/h9-14,18-19,25,29-32,38H,4-8,15-17,20-24H2,1-3H3;1H/t25-,31-,32-;/m1./s1. The molecule has 3 heterocycles. The number of carbonyl (C=O) groups excluding carboxylic acids is 3. The van der Waals surface area contributed by atoms with Gasteiger partial charge in [0.2, 0.25) is 5.91 Å². The molecule has 1 saturated carbocycles. The average Bonchev–Trinajstić information content (AvgIpc) is 3.06. The fourth-order valence-corrected chi connectivity index (χ4v) is 7.54. The molecular formula is C35H50Cl2N6O3. The summed E-state index contributed by atoms with van der Waals surface area (Å²) in [6.45, 7) is 4.74. The average molecular weight is 674 g/mol. The molecule has 1 aliphatic carbocycles. The summed E-state index contributed by atoms with van der Waals surface area (Å²) < 4.78 is 0. The Kier molecular flexibility index (Phi) is 13.1. The molecule has 2 aliphatic heterocycles. The first-order valence-electron chi connectivity index (χ1n) is 16.7. The van der Waals surface area contributed by atoms with Crippen molar-refractivity contribution >= 4 is 41.9 Å². The number of carbonyl (C=O) groups is 3. The summed E-state index contributed by atoms with van der Waals surface area (Å²) in [7, 11) is 3.68. The van der Waals surface area contributed by atoms with Gasteiger partial charge in [0.05, 0.1) is 6.04 Å². The quantitative estimate of drug-likeness (QED) is 0.399. The zero-order chi connectivity index (χ0) is 31.9. The van der Waals surface area contributed by atoms with Crippen molar-refractivity contribution < 1.29 is 14.4 Å². The lowest BCUT2D eigenvalue weighted by molar-refractivity contribution is -0.136. The number of nitrogens with one attached hydrogen (secondary N) is 1. The van der Waals surface area contributed by atoms with Gasteiger partial charge in [0.25, 0.3) is 5.91 Å². The Bertz CT molecular complexity index is 1280. The van der Waals surface area contributed by atoms with Gasteiger partial charge in [-0.2, -0.15) is 0 Å². The Hall–Kier alpha value is -2.88. The number of amides is 4. The first-order valence-corrected chi connectivity index (χ1v) is 17.1. The number of likely N-dealkylation sites (tertiary alicyclic amines) is 2. The highest BCUT2D eigenvalue weighted by Crippen LogP contribution is 2.31. The number of hydrogen-bond donors (Lipinski definition) is 1. The molecule has 46 heavy (non-hydrogen) atoms. The molecule has 3 atom stereocenters. The van der Waals surface area contributed by atoms with Crippen molar-refractivity contribution in [3.05, 3.63) is 64.9 Å². The van der Waals surface area contributed by atoms with Gasteiger partial charge in [-0.3, -0.25) is 14.6 Å². The lowest BCUT2D eigenvalue weighted by Gasteiger charge is -2.48. The van der Waals surface area contributed by atoms with Crippen LogP contribution >= 0.6 is 24.0 Å². The molecule has 0 unspecified atom stereocenters. The fourth-order valence-electron chi connectivity index (χ4n) is 7.41. The number of aromatic nitrogens is 1. The predicted molar refractivity (Wildman–Crippen MR) is 184 cm³/mol. The molecule has 2 saturated heterocycles. The molecule has 1 aromatic heterocycles. The van der Waals surface area contributed by atoms with E-state index in [0.717, 1.165) is 37.7 Å². The Balaban J connectivity index is 0.00000480. The maximum Gasteiger partial charge on any atom is 0.319 e. The maximum absolute atomic E-state index is 14.2. The number of rotatable bonds is 8. The summed E-state index contributed by atoms with van der Waals surface area (Å²) in [6.07, 6.45) is 11.9. The Morgan fingerprint density at radius 3 is 2.15 bits per heavy atom. The van der Waals surface area contributed by atoms with E-state index >= 15 is 0 Å². The van der Waals surface area contributed by atoms with Gasteiger partial charge in [0, 0.05) is 81.4 Å². The molecular weight excluding hydrogens is 623 g/mol. The Morgan fingerprint density at radius 1 is 0.913 bits per heavy atom. The third-order valence-corrected chi connectivity index (χ3v) is 10.1. The van der Waals surface area contributed by atoms with Crippen molar-refractivity contribution in [3.63, 3.8) is 0 Å². The monoisotopic (exact) mass is 672 g/mol. The van der Waals surface area contributed by atoms with Crippen molar-refractivity contribution in [2.24, 2.45) is 5.92 Å². The van der Waals surface area contributed by atoms with E-state index < -0.39 is 0 Å². The van der Waals surface area contributed by atoms with Crippen LogP contribution in [0.2, 0.25) is 5.02 Å². The van der Waals surface area contributed by atoms with Crippen molar-refractivity contribution in [3.8, 4) is 0 Å². The Morgan fingerprint density at radius 2 is 1.54 bits per heavy atom. The van der Waals surface area contributed by atoms with E-state index in [1.54, 1.807) is 29.4 Å². The molecule has 9 nitrogen and oxygen atoms in total. The lowest BCUT2D eigenvalue weighted by Crippen LogP contribution is -2.60. The molecule has 2 aromatic rings. The topological polar surface area (TPSA) is 89.1 Å². The van der Waals surface area contributed by atoms with Crippen LogP contribution in [0.15, 0.2) is 48.8 Å². The van der Waals surface area contributed by atoms with Gasteiger partial charge in [0.15, 0.2) is 0 Å². The number of pyridine rings is 1. The normalized spacial score (nSPS) is 21.7. The number of nitrogens with zero attached hydrogens (tertiary/aromatic N) is 5. The van der Waals surface area contributed by atoms with E-state index in [2.05, 4.69) is 22.1 Å². The van der Waals surface area contributed by atoms with Crippen LogP contribution in [0.5, 0.6) is 0 Å². The fraction of sp³-hybridized carbons (Fsp3) is 0.600. The molecule has 1 N–H and O–H groups in total. The molecule has 1 aromatic carbocycles. The van der Waals surface area contributed by atoms with Gasteiger partial charge in [-0.05, 0) is 74.3 Å². The van der Waals surface area contributed by atoms with Gasteiger partial charge >= 0.3 is 6.03 Å². The third-order valence-electron chi connectivity index (χ3n) is 9.90. The van der Waals surface area contributed by atoms with Gasteiger partial charge < -0.3 is 24.9 Å². The minimum absolute atomic E-state index is 0. The van der Waals surface area contributed by atoms with E-state index in [0.29, 0.717) is 43.2 Å². The third kappa shape index (κ3) is 8.92. The predicted octanol–water partition coefficient (Wildman–Crippen LogP) is 5.52. The summed E-state index contributed by atoms with van der Waals surface area (Å²) >= 11 is 6.17. The number of halogens is 2. The van der Waals surface area contributed by atoms with Gasteiger partial charge in [-0.25, -0.2) is 4.79 Å². The molecule has 3 fully saturated rings. The highest BCUT2D eigenvalue weighted by Gasteiger charge is 2.40. The van der Waals surface area contributed by atoms with E-state index in [1.165, 1.54) is 19.3 Å². The lowest BCUT2D eigenvalue weighted by atomic mass is 9.87. The van der Waals surface area contributed by atoms with Crippen LogP contribution in [0.4, 0.5) is 4.79 Å². The van der Waals surface area contributed by atoms with E-state index in [1.807, 2.05) is 48.2 Å². The zero-order valence-corrected chi connectivity index (χ0v) is 29.0. The smallest absolute Gasteiger partial charge is 0.319 e. The maximum atomic E-state index is 14.2. The molecule has 5 rings (SSSR count). The first kappa shape index (κ1) is 36.0. The van der Waals surface area contributed by atoms with Crippen molar-refractivity contribution in [1.82, 2.24) is 29.9 Å². The highest BCUT2D eigenvalue weighted by molar-refractivity contribution is 6.30. The van der Waals surface area contributed by atoms with Crippen molar-refractivity contribution in [1.29, 1.82) is 0 Å². The van der Waals surface area contributed by atoms with E-state index in [-0.39, 0.29) is 60.3 Å². The number of hydrogen-bond acceptors (Lipinski definition) is 5. The zero-order valence-electron chi connectivity index (χ0n) is 27.4. The number of benzene rings is 1. The SMILES string of the molecule is C[C@@H]1CN(C(=O)[C@@H](Cc2ccc(Cl)cc2)NC2CCN(C(=O)c3ccncc3)CC2)CC[C@H]1N(C(=O)N(C)C)C1CCCCC1.Cl. The van der Waals surface area contributed by atoms with Crippen LogP contribution < -0.4 is 5.32 Å². The minimum Gasteiger partial charge on any atom is -0.341 e. The molecule has 0 radical (unpaired) electrons. The number of piperidine rings is 2.